The minimum Gasteiger partial charge on any atom is -0.383 e. The maximum atomic E-state index is 12.9. The highest BCUT2D eigenvalue weighted by Crippen LogP contribution is 2.23. The highest BCUT2D eigenvalue weighted by molar-refractivity contribution is 5.62. The van der Waals surface area contributed by atoms with Crippen LogP contribution in [-0.2, 0) is 19.6 Å². The summed E-state index contributed by atoms with van der Waals surface area (Å²) in [5.74, 6) is 0.914. The lowest BCUT2D eigenvalue weighted by atomic mass is 10.1. The Morgan fingerprint density at radius 2 is 1.79 bits per heavy atom. The second-order valence-electron chi connectivity index (χ2n) is 8.22. The molecule has 0 atom stereocenters. The first-order valence-electron chi connectivity index (χ1n) is 11.3. The molecule has 0 unspecified atom stereocenters. The molecule has 9 nitrogen and oxygen atoms in total. The van der Waals surface area contributed by atoms with Gasteiger partial charge in [-0.1, -0.05) is 78.7 Å². The van der Waals surface area contributed by atoms with E-state index in [1.54, 1.807) is 4.90 Å². The Bertz CT molecular complexity index is 1360. The van der Waals surface area contributed by atoms with Gasteiger partial charge in [-0.15, -0.1) is 0 Å². The predicted octanol–water partition coefficient (Wildman–Crippen LogP) is 3.48. The average Bonchev–Trinajstić information content (AvgIpc) is 3.28. The number of nitrogens with two attached hydrogens (primary N) is 1. The number of nitrogen functional groups attached to an aromatic ring is 1. The second kappa shape index (κ2) is 10.2. The van der Waals surface area contributed by atoms with Gasteiger partial charge in [0, 0.05) is 18.7 Å². The SMILES string of the molecule is CCCCn1c(N)c(N(Cc2ccccc2)Cc2nc(-c3ccc(C)cc3)no2)c(=O)[nH]c1=O. The van der Waals surface area contributed by atoms with Gasteiger partial charge in [0.25, 0.3) is 5.56 Å². The zero-order valence-corrected chi connectivity index (χ0v) is 19.3. The van der Waals surface area contributed by atoms with E-state index in [0.717, 1.165) is 29.5 Å². The van der Waals surface area contributed by atoms with E-state index in [0.29, 0.717) is 24.8 Å². The van der Waals surface area contributed by atoms with Gasteiger partial charge in [-0.05, 0) is 18.9 Å². The monoisotopic (exact) mass is 460 g/mol. The first-order chi connectivity index (χ1) is 16.5. The van der Waals surface area contributed by atoms with Crippen LogP contribution >= 0.6 is 0 Å². The quantitative estimate of drug-likeness (QED) is 0.392. The molecule has 0 radical (unpaired) electrons. The topological polar surface area (TPSA) is 123 Å². The molecule has 2 aromatic carbocycles. The standard InChI is InChI=1S/C25H28N6O3/c1-3-4-14-31-22(26)21(24(32)28-25(31)33)30(15-18-8-6-5-7-9-18)16-20-27-23(29-34-20)19-12-10-17(2)11-13-19/h5-13H,3-4,14-16,26H2,1-2H3,(H,28,32,33). The largest absolute Gasteiger partial charge is 0.383 e. The normalized spacial score (nSPS) is 11.0. The predicted molar refractivity (Wildman–Crippen MR) is 131 cm³/mol. The third-order valence-electron chi connectivity index (χ3n) is 5.59. The van der Waals surface area contributed by atoms with Crippen LogP contribution in [0.4, 0.5) is 11.5 Å². The van der Waals surface area contributed by atoms with Crippen LogP contribution in [-0.4, -0.2) is 19.7 Å². The Hall–Kier alpha value is -4.14. The van der Waals surface area contributed by atoms with E-state index < -0.39 is 11.2 Å². The van der Waals surface area contributed by atoms with Gasteiger partial charge in [0.1, 0.15) is 11.5 Å². The Morgan fingerprint density at radius 1 is 1.06 bits per heavy atom. The van der Waals surface area contributed by atoms with Crippen molar-refractivity contribution in [2.45, 2.75) is 46.3 Å². The molecule has 0 bridgehead atoms. The second-order valence-corrected chi connectivity index (χ2v) is 8.22. The molecule has 0 aliphatic carbocycles. The zero-order valence-electron chi connectivity index (χ0n) is 19.3. The lowest BCUT2D eigenvalue weighted by Gasteiger charge is -2.25. The van der Waals surface area contributed by atoms with Crippen molar-refractivity contribution in [2.24, 2.45) is 0 Å². The number of aryl methyl sites for hydroxylation is 1. The third kappa shape index (κ3) is 5.09. The molecular formula is C25H28N6O3. The first-order valence-corrected chi connectivity index (χ1v) is 11.3. The summed E-state index contributed by atoms with van der Waals surface area (Å²) >= 11 is 0. The van der Waals surface area contributed by atoms with Crippen LogP contribution < -0.4 is 21.9 Å². The van der Waals surface area contributed by atoms with E-state index in [4.69, 9.17) is 10.3 Å². The molecular weight excluding hydrogens is 432 g/mol. The molecule has 2 heterocycles. The molecule has 176 valence electrons. The van der Waals surface area contributed by atoms with Crippen molar-refractivity contribution < 1.29 is 4.52 Å². The van der Waals surface area contributed by atoms with E-state index in [1.165, 1.54) is 4.57 Å². The summed E-state index contributed by atoms with van der Waals surface area (Å²) in [6.07, 6.45) is 1.65. The Morgan fingerprint density at radius 3 is 2.50 bits per heavy atom. The highest BCUT2D eigenvalue weighted by atomic mass is 16.5. The summed E-state index contributed by atoms with van der Waals surface area (Å²) in [5, 5.41) is 4.10. The molecule has 9 heteroatoms. The van der Waals surface area contributed by atoms with Crippen molar-refractivity contribution in [3.63, 3.8) is 0 Å². The van der Waals surface area contributed by atoms with E-state index >= 15 is 0 Å². The number of rotatable bonds is 9. The molecule has 0 saturated heterocycles. The number of aromatic amines is 1. The van der Waals surface area contributed by atoms with Crippen molar-refractivity contribution >= 4 is 11.5 Å². The van der Waals surface area contributed by atoms with Crippen LogP contribution in [0.5, 0.6) is 0 Å². The Labute approximate surface area is 196 Å². The van der Waals surface area contributed by atoms with Crippen LogP contribution in [0.3, 0.4) is 0 Å². The number of hydrogen-bond donors (Lipinski definition) is 2. The van der Waals surface area contributed by atoms with Crippen LogP contribution in [0.2, 0.25) is 0 Å². The van der Waals surface area contributed by atoms with Crippen molar-refractivity contribution in [3.8, 4) is 11.4 Å². The van der Waals surface area contributed by atoms with Gasteiger partial charge in [-0.2, -0.15) is 4.98 Å². The van der Waals surface area contributed by atoms with Crippen molar-refractivity contribution in [2.75, 3.05) is 10.6 Å². The van der Waals surface area contributed by atoms with E-state index in [2.05, 4.69) is 15.1 Å². The van der Waals surface area contributed by atoms with Crippen molar-refractivity contribution in [3.05, 3.63) is 92.5 Å². The van der Waals surface area contributed by atoms with E-state index in [-0.39, 0.29) is 18.1 Å². The number of aromatic nitrogens is 4. The fourth-order valence-electron chi connectivity index (χ4n) is 3.74. The molecule has 4 aromatic rings. The lowest BCUT2D eigenvalue weighted by Crippen LogP contribution is -2.38. The Balaban J connectivity index is 1.72. The highest BCUT2D eigenvalue weighted by Gasteiger charge is 2.22. The average molecular weight is 461 g/mol. The first kappa shape index (κ1) is 23.0. The van der Waals surface area contributed by atoms with Crippen molar-refractivity contribution in [1.82, 2.24) is 19.7 Å². The minimum absolute atomic E-state index is 0.122. The maximum absolute atomic E-state index is 12.9. The summed E-state index contributed by atoms with van der Waals surface area (Å²) in [6.45, 7) is 4.96. The van der Waals surface area contributed by atoms with Crippen LogP contribution in [0.1, 0.15) is 36.8 Å². The summed E-state index contributed by atoms with van der Waals surface area (Å²) in [5.41, 5.74) is 8.45. The summed E-state index contributed by atoms with van der Waals surface area (Å²) in [7, 11) is 0. The minimum atomic E-state index is -0.551. The van der Waals surface area contributed by atoms with Crippen LogP contribution in [0.25, 0.3) is 11.4 Å². The van der Waals surface area contributed by atoms with Gasteiger partial charge in [0.15, 0.2) is 0 Å². The number of nitrogens with one attached hydrogen (secondary N) is 1. The number of nitrogens with zero attached hydrogens (tertiary/aromatic N) is 4. The van der Waals surface area contributed by atoms with Crippen LogP contribution in [0, 0.1) is 6.92 Å². The van der Waals surface area contributed by atoms with Gasteiger partial charge in [-0.25, -0.2) is 4.79 Å². The van der Waals surface area contributed by atoms with E-state index in [9.17, 15) is 9.59 Å². The number of H-pyrrole nitrogens is 1. The Kier molecular flexibility index (Phi) is 6.91. The van der Waals surface area contributed by atoms with Gasteiger partial charge in [0.05, 0.1) is 6.54 Å². The molecule has 4 rings (SSSR count). The maximum Gasteiger partial charge on any atom is 0.330 e. The zero-order chi connectivity index (χ0) is 24.1. The number of benzene rings is 2. The molecule has 0 aliphatic rings. The number of unbranched alkanes of at least 4 members (excludes halogenated alkanes) is 1. The smallest absolute Gasteiger partial charge is 0.330 e. The molecule has 2 aromatic heterocycles. The molecule has 0 amide bonds. The molecule has 0 fully saturated rings. The van der Waals surface area contributed by atoms with Gasteiger partial charge >= 0.3 is 5.69 Å². The van der Waals surface area contributed by atoms with Crippen molar-refractivity contribution in [1.29, 1.82) is 0 Å². The lowest BCUT2D eigenvalue weighted by molar-refractivity contribution is 0.376. The summed E-state index contributed by atoms with van der Waals surface area (Å²) in [4.78, 5) is 34.0. The van der Waals surface area contributed by atoms with Gasteiger partial charge < -0.3 is 15.2 Å². The number of anilines is 2. The summed E-state index contributed by atoms with van der Waals surface area (Å²) in [6, 6.07) is 17.5. The third-order valence-corrected chi connectivity index (χ3v) is 5.59. The molecule has 0 saturated carbocycles. The fourth-order valence-corrected chi connectivity index (χ4v) is 3.74. The van der Waals surface area contributed by atoms with Crippen LogP contribution in [0.15, 0.2) is 68.7 Å². The van der Waals surface area contributed by atoms with Gasteiger partial charge in [-0.3, -0.25) is 14.3 Å². The van der Waals surface area contributed by atoms with E-state index in [1.807, 2.05) is 68.4 Å². The summed E-state index contributed by atoms with van der Waals surface area (Å²) < 4.78 is 6.92. The molecule has 3 N–H and O–H groups in total. The molecule has 0 aliphatic heterocycles. The van der Waals surface area contributed by atoms with Gasteiger partial charge in [0.2, 0.25) is 11.7 Å². The number of hydrogen-bond acceptors (Lipinski definition) is 7. The molecule has 34 heavy (non-hydrogen) atoms. The fraction of sp³-hybridized carbons (Fsp3) is 0.280. The molecule has 0 spiro atoms.